The van der Waals surface area contributed by atoms with Crippen molar-refractivity contribution >= 4 is 15.8 Å². The summed E-state index contributed by atoms with van der Waals surface area (Å²) < 4.78 is 30.7. The number of nitrogens with one attached hydrogen (secondary N) is 1. The van der Waals surface area contributed by atoms with Crippen LogP contribution in [-0.2, 0) is 10.0 Å². The van der Waals surface area contributed by atoms with Crippen LogP contribution in [-0.4, -0.2) is 28.4 Å². The van der Waals surface area contributed by atoms with Crippen LogP contribution in [0.25, 0.3) is 0 Å². The number of ether oxygens (including phenoxy) is 1. The van der Waals surface area contributed by atoms with Crippen molar-refractivity contribution in [2.45, 2.75) is 18.2 Å². The molecule has 0 atom stereocenters. The Balaban J connectivity index is 3.40. The maximum atomic E-state index is 11.7. The average Bonchev–Trinajstić information content (AvgIpc) is 2.36. The molecule has 17 heavy (non-hydrogen) atoms. The largest absolute Gasteiger partial charge is 0.495 e. The van der Waals surface area contributed by atoms with E-state index >= 15 is 0 Å². The smallest absolute Gasteiger partial charge is 0.244 e. The summed E-state index contributed by atoms with van der Waals surface area (Å²) in [4.78, 5) is 11.5. The Hall–Kier alpha value is -1.40. The molecule has 1 N–H and O–H groups in total. The number of ketones is 1. The van der Waals surface area contributed by atoms with Crippen molar-refractivity contribution in [2.24, 2.45) is 0 Å². The molecule has 0 aliphatic rings. The minimum absolute atomic E-state index is 0.0261. The fourth-order valence-corrected chi connectivity index (χ4v) is 2.29. The molecule has 5 nitrogen and oxygen atoms in total. The van der Waals surface area contributed by atoms with Gasteiger partial charge in [0, 0.05) is 12.0 Å². The molecular formula is C11H15NO4S. The highest BCUT2D eigenvalue weighted by molar-refractivity contribution is 7.89. The lowest BCUT2D eigenvalue weighted by atomic mass is 10.1. The zero-order valence-electron chi connectivity index (χ0n) is 9.98. The summed E-state index contributed by atoms with van der Waals surface area (Å²) in [6, 6.07) is 4.36. The van der Waals surface area contributed by atoms with Crippen LogP contribution in [0, 0.1) is 0 Å². The Bertz CT molecular complexity index is 522. The molecule has 0 fully saturated rings. The zero-order chi connectivity index (χ0) is 13.1. The third-order valence-electron chi connectivity index (χ3n) is 2.36. The first kappa shape index (κ1) is 13.7. The number of Topliss-reactive ketones (excluding diaryl/α,β-unsaturated/α-hetero) is 1. The second-order valence-corrected chi connectivity index (χ2v) is 5.20. The number of methoxy groups -OCH3 is 1. The van der Waals surface area contributed by atoms with Crippen molar-refractivity contribution in [3.05, 3.63) is 23.8 Å². The molecule has 0 amide bonds. The van der Waals surface area contributed by atoms with E-state index in [9.17, 15) is 13.2 Å². The number of sulfonamides is 1. The zero-order valence-corrected chi connectivity index (χ0v) is 10.8. The topological polar surface area (TPSA) is 72.5 Å². The Morgan fingerprint density at radius 2 is 2.06 bits per heavy atom. The predicted molar refractivity (Wildman–Crippen MR) is 63.9 cm³/mol. The molecule has 0 saturated carbocycles. The van der Waals surface area contributed by atoms with Crippen LogP contribution in [0.4, 0.5) is 0 Å². The van der Waals surface area contributed by atoms with Gasteiger partial charge in [0.15, 0.2) is 5.78 Å². The molecule has 0 radical (unpaired) electrons. The van der Waals surface area contributed by atoms with Crippen LogP contribution in [0.15, 0.2) is 23.1 Å². The van der Waals surface area contributed by atoms with Crippen molar-refractivity contribution in [3.8, 4) is 5.75 Å². The number of rotatable bonds is 5. The molecular weight excluding hydrogens is 242 g/mol. The van der Waals surface area contributed by atoms with Crippen molar-refractivity contribution < 1.29 is 17.9 Å². The maximum absolute atomic E-state index is 11.7. The number of hydrogen-bond acceptors (Lipinski definition) is 4. The van der Waals surface area contributed by atoms with Gasteiger partial charge in [0.25, 0.3) is 0 Å². The van der Waals surface area contributed by atoms with Crippen LogP contribution < -0.4 is 9.46 Å². The molecule has 1 rings (SSSR count). The van der Waals surface area contributed by atoms with E-state index in [4.69, 9.17) is 4.74 Å². The molecule has 6 heteroatoms. The lowest BCUT2D eigenvalue weighted by Crippen LogP contribution is -2.19. The molecule has 94 valence electrons. The van der Waals surface area contributed by atoms with Crippen LogP contribution in [0.1, 0.15) is 23.7 Å². The number of carbonyl (C=O) groups excluding carboxylic acids is 1. The molecule has 0 aliphatic carbocycles. The first-order chi connectivity index (χ1) is 7.96. The summed E-state index contributed by atoms with van der Waals surface area (Å²) in [6.07, 6.45) is 0.325. The lowest BCUT2D eigenvalue weighted by molar-refractivity contribution is 0.0988. The van der Waals surface area contributed by atoms with Gasteiger partial charge in [-0.25, -0.2) is 13.1 Å². The molecule has 0 aliphatic heterocycles. The van der Waals surface area contributed by atoms with Gasteiger partial charge in [0.05, 0.1) is 7.11 Å². The van der Waals surface area contributed by atoms with E-state index < -0.39 is 10.0 Å². The highest BCUT2D eigenvalue weighted by Crippen LogP contribution is 2.25. The van der Waals surface area contributed by atoms with Crippen molar-refractivity contribution in [3.63, 3.8) is 0 Å². The van der Waals surface area contributed by atoms with Gasteiger partial charge in [0.1, 0.15) is 10.6 Å². The summed E-state index contributed by atoms with van der Waals surface area (Å²) in [5, 5.41) is 0. The monoisotopic (exact) mass is 257 g/mol. The molecule has 0 aromatic heterocycles. The van der Waals surface area contributed by atoms with Crippen LogP contribution in [0.2, 0.25) is 0 Å². The SMILES string of the molecule is CCC(=O)c1ccc(OC)c(S(=O)(=O)NC)c1. The van der Waals surface area contributed by atoms with Crippen LogP contribution in [0.5, 0.6) is 5.75 Å². The maximum Gasteiger partial charge on any atom is 0.244 e. The molecule has 0 unspecified atom stereocenters. The summed E-state index contributed by atoms with van der Waals surface area (Å²) in [5.74, 6) is 0.104. The van der Waals surface area contributed by atoms with E-state index in [0.29, 0.717) is 12.0 Å². The summed E-state index contributed by atoms with van der Waals surface area (Å²) in [5.41, 5.74) is 0.363. The summed E-state index contributed by atoms with van der Waals surface area (Å²) >= 11 is 0. The van der Waals surface area contributed by atoms with Gasteiger partial charge in [-0.2, -0.15) is 0 Å². The Labute approximate surface area is 101 Å². The highest BCUT2D eigenvalue weighted by Gasteiger charge is 2.19. The molecule has 0 saturated heterocycles. The first-order valence-electron chi connectivity index (χ1n) is 5.11. The second-order valence-electron chi connectivity index (χ2n) is 3.35. The van der Waals surface area contributed by atoms with Gasteiger partial charge >= 0.3 is 0 Å². The Kier molecular flexibility index (Phi) is 4.25. The minimum atomic E-state index is -3.63. The molecule has 1 aromatic carbocycles. The Morgan fingerprint density at radius 1 is 1.41 bits per heavy atom. The minimum Gasteiger partial charge on any atom is -0.495 e. The van der Waals surface area contributed by atoms with E-state index in [1.165, 1.54) is 26.3 Å². The third kappa shape index (κ3) is 2.83. The predicted octanol–water partition coefficient (Wildman–Crippen LogP) is 1.20. The average molecular weight is 257 g/mol. The van der Waals surface area contributed by atoms with E-state index in [-0.39, 0.29) is 16.4 Å². The lowest BCUT2D eigenvalue weighted by Gasteiger charge is -2.10. The van der Waals surface area contributed by atoms with Crippen molar-refractivity contribution in [1.29, 1.82) is 0 Å². The van der Waals surface area contributed by atoms with Gasteiger partial charge in [-0.1, -0.05) is 6.92 Å². The van der Waals surface area contributed by atoms with Gasteiger partial charge in [-0.15, -0.1) is 0 Å². The molecule has 1 aromatic rings. The fraction of sp³-hybridized carbons (Fsp3) is 0.364. The standard InChI is InChI=1S/C11H15NO4S/c1-4-9(13)8-5-6-10(16-3)11(7-8)17(14,15)12-2/h5-7,12H,4H2,1-3H3. The van der Waals surface area contributed by atoms with Crippen LogP contribution >= 0.6 is 0 Å². The summed E-state index contributed by atoms with van der Waals surface area (Å²) in [7, 11) is -0.944. The number of hydrogen-bond donors (Lipinski definition) is 1. The Morgan fingerprint density at radius 3 is 2.53 bits per heavy atom. The molecule has 0 spiro atoms. The van der Waals surface area contributed by atoms with Gasteiger partial charge < -0.3 is 4.74 Å². The quantitative estimate of drug-likeness (QED) is 0.804. The molecule has 0 bridgehead atoms. The van der Waals surface area contributed by atoms with Crippen molar-refractivity contribution in [2.75, 3.05) is 14.2 Å². The fourth-order valence-electron chi connectivity index (χ4n) is 1.37. The van der Waals surface area contributed by atoms with E-state index in [1.54, 1.807) is 13.0 Å². The van der Waals surface area contributed by atoms with Gasteiger partial charge in [-0.3, -0.25) is 4.79 Å². The highest BCUT2D eigenvalue weighted by atomic mass is 32.2. The summed E-state index contributed by atoms with van der Waals surface area (Å²) in [6.45, 7) is 1.72. The van der Waals surface area contributed by atoms with E-state index in [1.807, 2.05) is 0 Å². The van der Waals surface area contributed by atoms with Crippen molar-refractivity contribution in [1.82, 2.24) is 4.72 Å². The number of carbonyl (C=O) groups is 1. The van der Waals surface area contributed by atoms with E-state index in [0.717, 1.165) is 0 Å². The number of benzene rings is 1. The van der Waals surface area contributed by atoms with Gasteiger partial charge in [0.2, 0.25) is 10.0 Å². The second kappa shape index (κ2) is 5.29. The normalized spacial score (nSPS) is 11.2. The molecule has 0 heterocycles. The third-order valence-corrected chi connectivity index (χ3v) is 3.80. The van der Waals surface area contributed by atoms with Crippen LogP contribution in [0.3, 0.4) is 0 Å². The first-order valence-corrected chi connectivity index (χ1v) is 6.59. The van der Waals surface area contributed by atoms with E-state index in [2.05, 4.69) is 4.72 Å². The van der Waals surface area contributed by atoms with Gasteiger partial charge in [-0.05, 0) is 25.2 Å².